The summed E-state index contributed by atoms with van der Waals surface area (Å²) in [7, 11) is -3.55. The predicted octanol–water partition coefficient (Wildman–Crippen LogP) is 1.96. The second-order valence-corrected chi connectivity index (χ2v) is 10.9. The van der Waals surface area contributed by atoms with Crippen LogP contribution >= 0.6 is 0 Å². The quantitative estimate of drug-likeness (QED) is 0.559. The molecule has 3 aromatic rings. The molecule has 5 rings (SSSR count). The Morgan fingerprint density at radius 2 is 1.76 bits per heavy atom. The van der Waals surface area contributed by atoms with E-state index in [2.05, 4.69) is 20.0 Å². The summed E-state index contributed by atoms with van der Waals surface area (Å²) in [6.45, 7) is 6.85. The summed E-state index contributed by atoms with van der Waals surface area (Å²) in [5.41, 5.74) is 1.36. The van der Waals surface area contributed by atoms with Crippen LogP contribution in [0.4, 0.5) is 5.82 Å². The van der Waals surface area contributed by atoms with Crippen LogP contribution in [0.1, 0.15) is 42.2 Å². The van der Waals surface area contributed by atoms with Crippen molar-refractivity contribution < 1.29 is 13.2 Å². The first-order valence-electron chi connectivity index (χ1n) is 11.7. The van der Waals surface area contributed by atoms with Crippen LogP contribution in [0.15, 0.2) is 41.6 Å². The number of aryl methyl sites for hydroxylation is 1. The fraction of sp³-hybridized carbons (Fsp3) is 0.478. The van der Waals surface area contributed by atoms with E-state index in [9.17, 15) is 13.2 Å². The van der Waals surface area contributed by atoms with E-state index < -0.39 is 10.0 Å². The van der Waals surface area contributed by atoms with E-state index in [1.807, 2.05) is 19.9 Å². The van der Waals surface area contributed by atoms with E-state index >= 15 is 0 Å². The largest absolute Gasteiger partial charge is 0.353 e. The third-order valence-electron chi connectivity index (χ3n) is 6.70. The third-order valence-corrected chi connectivity index (χ3v) is 8.73. The molecule has 0 N–H and O–H groups in total. The van der Waals surface area contributed by atoms with E-state index in [1.54, 1.807) is 38.0 Å². The maximum atomic E-state index is 13.1. The number of fused-ring (bicyclic) bond motifs is 1. The van der Waals surface area contributed by atoms with Crippen LogP contribution in [0.3, 0.4) is 0 Å². The van der Waals surface area contributed by atoms with E-state index in [0.717, 1.165) is 30.8 Å². The van der Waals surface area contributed by atoms with Gasteiger partial charge in [0, 0.05) is 56.1 Å². The number of carbonyl (C=O) groups is 1. The molecule has 2 aromatic heterocycles. The lowest BCUT2D eigenvalue weighted by Gasteiger charge is -2.36. The Morgan fingerprint density at radius 3 is 2.47 bits per heavy atom. The van der Waals surface area contributed by atoms with Gasteiger partial charge in [-0.2, -0.15) is 18.9 Å². The number of amides is 1. The van der Waals surface area contributed by atoms with Crippen molar-refractivity contribution in [1.82, 2.24) is 28.8 Å². The van der Waals surface area contributed by atoms with E-state index in [0.29, 0.717) is 44.1 Å². The number of piperazine rings is 1. The first-order valence-corrected chi connectivity index (χ1v) is 13.1. The lowest BCUT2D eigenvalue weighted by Crippen LogP contribution is -2.49. The predicted molar refractivity (Wildman–Crippen MR) is 127 cm³/mol. The average Bonchev–Trinajstić information content (AvgIpc) is 3.32. The van der Waals surface area contributed by atoms with Crippen molar-refractivity contribution in [3.05, 3.63) is 47.9 Å². The molecular weight excluding hydrogens is 454 g/mol. The maximum Gasteiger partial charge on any atom is 0.254 e. The summed E-state index contributed by atoms with van der Waals surface area (Å²) in [4.78, 5) is 25.9. The molecule has 1 aromatic carbocycles. The second kappa shape index (κ2) is 8.95. The van der Waals surface area contributed by atoms with Gasteiger partial charge in [0.25, 0.3) is 11.7 Å². The van der Waals surface area contributed by atoms with Gasteiger partial charge in [0.2, 0.25) is 10.0 Å². The normalized spacial score (nSPS) is 20.1. The Morgan fingerprint density at radius 1 is 1.03 bits per heavy atom. The van der Waals surface area contributed by atoms with Gasteiger partial charge < -0.3 is 9.80 Å². The molecule has 4 heterocycles. The Bertz CT molecular complexity index is 1300. The molecule has 0 saturated carbocycles. The monoisotopic (exact) mass is 483 g/mol. The minimum absolute atomic E-state index is 0.000654. The number of anilines is 1. The fourth-order valence-electron chi connectivity index (χ4n) is 4.79. The lowest BCUT2D eigenvalue weighted by atomic mass is 10.1. The number of carbonyl (C=O) groups excluding carboxylic acids is 1. The summed E-state index contributed by atoms with van der Waals surface area (Å²) < 4.78 is 29.4. The highest BCUT2D eigenvalue weighted by atomic mass is 32.2. The zero-order chi connectivity index (χ0) is 23.9. The molecule has 0 aliphatic carbocycles. The number of sulfonamides is 1. The fourth-order valence-corrected chi connectivity index (χ4v) is 6.49. The summed E-state index contributed by atoms with van der Waals surface area (Å²) in [5, 5.41) is 4.27. The number of hydrogen-bond donors (Lipinski definition) is 0. The van der Waals surface area contributed by atoms with Crippen LogP contribution in [0.2, 0.25) is 0 Å². The summed E-state index contributed by atoms with van der Waals surface area (Å²) in [6, 6.07) is 8.34. The van der Waals surface area contributed by atoms with Crippen molar-refractivity contribution in [2.45, 2.75) is 44.0 Å². The van der Waals surface area contributed by atoms with Crippen LogP contribution in [-0.4, -0.2) is 81.9 Å². The molecular formula is C23H29N7O3S. The van der Waals surface area contributed by atoms with Crippen LogP contribution in [0, 0.1) is 6.92 Å². The highest BCUT2D eigenvalue weighted by Gasteiger charge is 2.31. The van der Waals surface area contributed by atoms with E-state index in [4.69, 9.17) is 0 Å². The lowest BCUT2D eigenvalue weighted by molar-refractivity contribution is 0.0746. The minimum Gasteiger partial charge on any atom is -0.353 e. The van der Waals surface area contributed by atoms with Crippen molar-refractivity contribution >= 4 is 27.5 Å². The molecule has 1 unspecified atom stereocenters. The third kappa shape index (κ3) is 4.14. The molecule has 2 aliphatic heterocycles. The van der Waals surface area contributed by atoms with Gasteiger partial charge in [-0.15, -0.1) is 0 Å². The summed E-state index contributed by atoms with van der Waals surface area (Å²) >= 11 is 0. The number of nitrogens with zero attached hydrogens (tertiary/aromatic N) is 7. The summed E-state index contributed by atoms with van der Waals surface area (Å²) in [6.07, 6.45) is 4.30. The number of piperidine rings is 1. The van der Waals surface area contributed by atoms with Gasteiger partial charge in [-0.3, -0.25) is 4.79 Å². The molecule has 10 nitrogen and oxygen atoms in total. The average molecular weight is 484 g/mol. The molecule has 0 spiro atoms. The number of benzene rings is 1. The summed E-state index contributed by atoms with van der Waals surface area (Å²) in [5.74, 6) is 1.38. The van der Waals surface area contributed by atoms with Crippen molar-refractivity contribution in [3.8, 4) is 0 Å². The van der Waals surface area contributed by atoms with Gasteiger partial charge in [0.05, 0.1) is 4.90 Å². The number of hydrogen-bond acceptors (Lipinski definition) is 7. The van der Waals surface area contributed by atoms with E-state index in [-0.39, 0.29) is 16.8 Å². The van der Waals surface area contributed by atoms with Crippen molar-refractivity contribution in [2.75, 3.05) is 37.6 Å². The van der Waals surface area contributed by atoms with Crippen molar-refractivity contribution in [1.29, 1.82) is 0 Å². The van der Waals surface area contributed by atoms with Gasteiger partial charge in [-0.25, -0.2) is 13.4 Å². The molecule has 2 saturated heterocycles. The second-order valence-electron chi connectivity index (χ2n) is 8.99. The topological polar surface area (TPSA) is 104 Å². The minimum atomic E-state index is -3.55. The van der Waals surface area contributed by atoms with Gasteiger partial charge in [0.1, 0.15) is 12.1 Å². The van der Waals surface area contributed by atoms with Gasteiger partial charge >= 0.3 is 0 Å². The highest BCUT2D eigenvalue weighted by Crippen LogP contribution is 2.26. The first-order chi connectivity index (χ1) is 16.3. The first kappa shape index (κ1) is 22.7. The Kier molecular flexibility index (Phi) is 5.98. The molecule has 34 heavy (non-hydrogen) atoms. The highest BCUT2D eigenvalue weighted by molar-refractivity contribution is 7.89. The maximum absolute atomic E-state index is 13.1. The SMILES string of the molecule is Cc1cc(N2CCN(C(=O)c3ccc(S(=O)(=O)N4CCCCC4C)cc3)CC2)n2ncnc2n1. The van der Waals surface area contributed by atoms with Gasteiger partial charge in [-0.1, -0.05) is 6.42 Å². The van der Waals surface area contributed by atoms with Crippen LogP contribution < -0.4 is 4.90 Å². The Hall–Kier alpha value is -3.05. The molecule has 2 fully saturated rings. The molecule has 0 radical (unpaired) electrons. The molecule has 1 amide bonds. The zero-order valence-electron chi connectivity index (χ0n) is 19.5. The van der Waals surface area contributed by atoms with Crippen LogP contribution in [-0.2, 0) is 10.0 Å². The molecule has 11 heteroatoms. The number of rotatable bonds is 4. The van der Waals surface area contributed by atoms with Gasteiger partial charge in [0.15, 0.2) is 0 Å². The van der Waals surface area contributed by atoms with Crippen LogP contribution in [0.25, 0.3) is 5.78 Å². The zero-order valence-corrected chi connectivity index (χ0v) is 20.3. The Labute approximate surface area is 199 Å². The smallest absolute Gasteiger partial charge is 0.254 e. The van der Waals surface area contributed by atoms with Gasteiger partial charge in [-0.05, 0) is 51.0 Å². The molecule has 180 valence electrons. The van der Waals surface area contributed by atoms with Crippen molar-refractivity contribution in [3.63, 3.8) is 0 Å². The van der Waals surface area contributed by atoms with Crippen molar-refractivity contribution in [2.24, 2.45) is 0 Å². The number of aromatic nitrogens is 4. The Balaban J connectivity index is 1.26. The molecule has 0 bridgehead atoms. The molecule has 2 aliphatic rings. The van der Waals surface area contributed by atoms with E-state index in [1.165, 1.54) is 6.33 Å². The van der Waals surface area contributed by atoms with Crippen LogP contribution in [0.5, 0.6) is 0 Å². The standard InChI is InChI=1S/C23H29N7O3S/c1-17-15-21(30-23(26-17)24-16-25-30)27-11-13-28(14-12-27)22(31)19-6-8-20(9-7-19)34(32,33)29-10-4-3-5-18(29)2/h6-9,15-16,18H,3-5,10-14H2,1-2H3. The molecule has 1 atom stereocenters.